The lowest BCUT2D eigenvalue weighted by molar-refractivity contribution is 0.601. The van der Waals surface area contributed by atoms with Gasteiger partial charge >= 0.3 is 0 Å². The van der Waals surface area contributed by atoms with E-state index in [1.165, 1.54) is 12.3 Å². The lowest BCUT2D eigenvalue weighted by atomic mass is 10.3. The van der Waals surface area contributed by atoms with E-state index in [1.807, 2.05) is 0 Å². The van der Waals surface area contributed by atoms with Crippen LogP contribution in [0.3, 0.4) is 0 Å². The number of rotatable bonds is 3. The zero-order valence-corrected chi connectivity index (χ0v) is 12.6. The molecule has 0 atom stereocenters. The molecule has 21 heavy (non-hydrogen) atoms. The summed E-state index contributed by atoms with van der Waals surface area (Å²) in [7, 11) is -3.79. The van der Waals surface area contributed by atoms with Gasteiger partial charge in [0.05, 0.1) is 23.2 Å². The third-order valence-corrected chi connectivity index (χ3v) is 4.78. The molecule has 0 fully saturated rings. The number of nitrogens with one attached hydrogen (secondary N) is 1. The monoisotopic (exact) mass is 321 g/mol. The van der Waals surface area contributed by atoms with Crippen molar-refractivity contribution in [2.75, 3.05) is 10.5 Å². The fourth-order valence-corrected chi connectivity index (χ4v) is 3.73. The lowest BCUT2D eigenvalue weighted by Gasteiger charge is -2.11. The minimum Gasteiger partial charge on any atom is -0.397 e. The van der Waals surface area contributed by atoms with Crippen LogP contribution in [0.4, 0.5) is 22.9 Å². The van der Waals surface area contributed by atoms with Gasteiger partial charge in [0, 0.05) is 0 Å². The molecule has 108 valence electrons. The zero-order valence-electron chi connectivity index (χ0n) is 10.9. The second-order valence-corrected chi connectivity index (χ2v) is 6.61. The molecule has 1 aromatic carbocycles. The number of nitrogen functional groups attached to an aromatic ring is 1. The topological polar surface area (TPSA) is 110 Å². The molecule has 1 aliphatic heterocycles. The van der Waals surface area contributed by atoms with Crippen LogP contribution in [0.2, 0.25) is 0 Å². The lowest BCUT2D eigenvalue weighted by Crippen LogP contribution is -2.15. The average molecular weight is 321 g/mol. The Hall–Kier alpha value is -2.26. The van der Waals surface area contributed by atoms with Crippen molar-refractivity contribution in [3.63, 3.8) is 0 Å². The first-order valence-electron chi connectivity index (χ1n) is 5.93. The molecule has 0 amide bonds. The molecule has 0 radical (unpaired) electrons. The van der Waals surface area contributed by atoms with Crippen LogP contribution in [0.15, 0.2) is 44.1 Å². The minimum atomic E-state index is -3.79. The van der Waals surface area contributed by atoms with E-state index in [0.29, 0.717) is 22.6 Å². The molecule has 7 nitrogen and oxygen atoms in total. The molecule has 0 aliphatic carbocycles. The number of hydrogen-bond donors (Lipinski definition) is 2. The van der Waals surface area contributed by atoms with E-state index in [4.69, 9.17) is 5.73 Å². The highest BCUT2D eigenvalue weighted by atomic mass is 32.2. The van der Waals surface area contributed by atoms with Gasteiger partial charge in [0.15, 0.2) is 0 Å². The number of nitrogens with zero attached hydrogens (tertiary/aromatic N) is 3. The molecule has 1 aliphatic rings. The fraction of sp³-hybridized carbons (Fsp3) is 0.0833. The molecule has 2 heterocycles. The van der Waals surface area contributed by atoms with Gasteiger partial charge in [0.25, 0.3) is 10.0 Å². The average Bonchev–Trinajstić information content (AvgIpc) is 2.90. The van der Waals surface area contributed by atoms with Crippen LogP contribution in [-0.2, 0) is 21.4 Å². The van der Waals surface area contributed by atoms with Crippen LogP contribution < -0.4 is 10.5 Å². The number of pyridine rings is 1. The van der Waals surface area contributed by atoms with Gasteiger partial charge < -0.3 is 5.73 Å². The molecular weight excluding hydrogens is 310 g/mol. The first-order valence-corrected chi connectivity index (χ1v) is 8.15. The molecule has 0 saturated carbocycles. The van der Waals surface area contributed by atoms with Crippen molar-refractivity contribution in [1.29, 1.82) is 0 Å². The summed E-state index contributed by atoms with van der Waals surface area (Å²) in [6.07, 6.45) is 1.40. The Morgan fingerprint density at radius 2 is 2.10 bits per heavy atom. The molecule has 0 saturated heterocycles. The summed E-state index contributed by atoms with van der Waals surface area (Å²) < 4.78 is 35.5. The third kappa shape index (κ3) is 2.52. The quantitative estimate of drug-likeness (QED) is 0.772. The van der Waals surface area contributed by atoms with Crippen LogP contribution in [0, 0.1) is 6.92 Å². The predicted molar refractivity (Wildman–Crippen MR) is 82.2 cm³/mol. The van der Waals surface area contributed by atoms with E-state index in [-0.39, 0.29) is 10.7 Å². The number of benzene rings is 1. The summed E-state index contributed by atoms with van der Waals surface area (Å²) in [5.74, 6) is 0.240. The number of nitrogens with two attached hydrogens (primary N) is 1. The fourth-order valence-electron chi connectivity index (χ4n) is 1.88. The first-order chi connectivity index (χ1) is 9.97. The molecule has 0 bridgehead atoms. The Morgan fingerprint density at radius 3 is 2.86 bits per heavy atom. The van der Waals surface area contributed by atoms with Gasteiger partial charge in [0.2, 0.25) is 0 Å². The van der Waals surface area contributed by atoms with Gasteiger partial charge in [0.1, 0.15) is 22.1 Å². The first kappa shape index (κ1) is 13.7. The highest BCUT2D eigenvalue weighted by Gasteiger charge is 2.23. The van der Waals surface area contributed by atoms with Gasteiger partial charge in [-0.1, -0.05) is 6.07 Å². The van der Waals surface area contributed by atoms with Crippen molar-refractivity contribution in [2.24, 2.45) is 8.73 Å². The van der Waals surface area contributed by atoms with Crippen molar-refractivity contribution in [3.05, 3.63) is 36.0 Å². The number of fused-ring (bicyclic) bond motifs is 1. The van der Waals surface area contributed by atoms with E-state index >= 15 is 0 Å². The highest BCUT2D eigenvalue weighted by Crippen LogP contribution is 2.37. The van der Waals surface area contributed by atoms with Gasteiger partial charge in [-0.2, -0.15) is 8.73 Å². The Bertz CT molecular complexity index is 902. The molecule has 2 aromatic rings. The summed E-state index contributed by atoms with van der Waals surface area (Å²) in [6, 6.07) is 6.47. The molecule has 3 N–H and O–H groups in total. The molecule has 9 heteroatoms. The smallest absolute Gasteiger partial charge is 0.265 e. The maximum atomic E-state index is 12.5. The van der Waals surface area contributed by atoms with Crippen LogP contribution in [0.1, 0.15) is 5.56 Å². The maximum Gasteiger partial charge on any atom is 0.265 e. The molecule has 0 spiro atoms. The Kier molecular flexibility index (Phi) is 3.22. The molecular formula is C12H11N5O2S2. The van der Waals surface area contributed by atoms with Crippen molar-refractivity contribution >= 4 is 44.3 Å². The predicted octanol–water partition coefficient (Wildman–Crippen LogP) is 2.50. The van der Waals surface area contributed by atoms with E-state index in [2.05, 4.69) is 18.4 Å². The molecule has 3 rings (SSSR count). The van der Waals surface area contributed by atoms with Gasteiger partial charge in [-0.25, -0.2) is 13.4 Å². The SMILES string of the molecule is Cc1cc(N)cnc1NS(=O)(=O)c1cccc2c1N=S=N2. The Labute approximate surface area is 125 Å². The van der Waals surface area contributed by atoms with Gasteiger partial charge in [-0.15, -0.1) is 0 Å². The highest BCUT2D eigenvalue weighted by molar-refractivity contribution is 7.93. The van der Waals surface area contributed by atoms with E-state index < -0.39 is 10.0 Å². The van der Waals surface area contributed by atoms with Crippen molar-refractivity contribution in [2.45, 2.75) is 11.8 Å². The maximum absolute atomic E-state index is 12.5. The van der Waals surface area contributed by atoms with Crippen molar-refractivity contribution < 1.29 is 8.42 Å². The van der Waals surface area contributed by atoms with E-state index in [9.17, 15) is 8.42 Å². The number of aromatic nitrogens is 1. The second-order valence-electron chi connectivity index (χ2n) is 4.43. The zero-order chi connectivity index (χ0) is 15.0. The van der Waals surface area contributed by atoms with E-state index in [0.717, 1.165) is 11.4 Å². The van der Waals surface area contributed by atoms with E-state index in [1.54, 1.807) is 25.1 Å². The third-order valence-electron chi connectivity index (χ3n) is 2.87. The summed E-state index contributed by atoms with van der Waals surface area (Å²) in [6.45, 7) is 1.73. The molecule has 0 unspecified atom stereocenters. The van der Waals surface area contributed by atoms with Crippen LogP contribution in [-0.4, -0.2) is 13.4 Å². The second kappa shape index (κ2) is 4.93. The number of hydrogen-bond acceptors (Lipinski definition) is 6. The Morgan fingerprint density at radius 1 is 1.29 bits per heavy atom. The number of anilines is 2. The van der Waals surface area contributed by atoms with Gasteiger partial charge in [-0.05, 0) is 30.7 Å². The largest absolute Gasteiger partial charge is 0.397 e. The van der Waals surface area contributed by atoms with Gasteiger partial charge in [-0.3, -0.25) is 4.72 Å². The van der Waals surface area contributed by atoms with Crippen LogP contribution >= 0.6 is 0 Å². The summed E-state index contributed by atoms with van der Waals surface area (Å²) in [5.41, 5.74) is 7.62. The molecule has 1 aromatic heterocycles. The van der Waals surface area contributed by atoms with Crippen LogP contribution in [0.25, 0.3) is 0 Å². The summed E-state index contributed by atoms with van der Waals surface area (Å²) in [5, 5.41) is 0. The number of sulfonamides is 1. The summed E-state index contributed by atoms with van der Waals surface area (Å²) >= 11 is 0.970. The standard InChI is InChI=1S/C12H11N5O2S2/c1-7-5-8(13)6-14-12(7)17-21(18,19)10-4-2-3-9-11(10)16-20-15-9/h2-6H,13H2,1H3,(H,14,17). The normalized spacial score (nSPS) is 12.8. The minimum absolute atomic E-state index is 0.0757. The van der Waals surface area contributed by atoms with Crippen LogP contribution in [0.5, 0.6) is 0 Å². The van der Waals surface area contributed by atoms with Crippen molar-refractivity contribution in [3.8, 4) is 0 Å². The van der Waals surface area contributed by atoms with Crippen molar-refractivity contribution in [1.82, 2.24) is 4.98 Å². The Balaban J connectivity index is 2.03. The number of aryl methyl sites for hydroxylation is 1. The summed E-state index contributed by atoms with van der Waals surface area (Å²) in [4.78, 5) is 4.08.